The van der Waals surface area contributed by atoms with Gasteiger partial charge in [0.25, 0.3) is 0 Å². The van der Waals surface area contributed by atoms with Gasteiger partial charge >= 0.3 is 0 Å². The molecular formula is C17H16N4O4. The van der Waals surface area contributed by atoms with E-state index in [2.05, 4.69) is 26.8 Å². The smallest absolute Gasteiger partial charge is 0.166 e. The van der Waals surface area contributed by atoms with Crippen LogP contribution >= 0.6 is 0 Å². The summed E-state index contributed by atoms with van der Waals surface area (Å²) in [4.78, 5) is 12.7. The van der Waals surface area contributed by atoms with Gasteiger partial charge in [-0.1, -0.05) is 24.1 Å². The van der Waals surface area contributed by atoms with Crippen molar-refractivity contribution in [2.75, 3.05) is 6.61 Å². The molecule has 0 amide bonds. The van der Waals surface area contributed by atoms with Gasteiger partial charge in [-0.05, 0) is 12.3 Å². The van der Waals surface area contributed by atoms with E-state index in [4.69, 9.17) is 4.74 Å². The quantitative estimate of drug-likeness (QED) is 0.642. The predicted molar refractivity (Wildman–Crippen MR) is 87.1 cm³/mol. The van der Waals surface area contributed by atoms with Crippen LogP contribution in [0, 0.1) is 11.8 Å². The molecule has 2 aromatic rings. The Hall–Kier alpha value is -2.57. The van der Waals surface area contributed by atoms with E-state index in [1.165, 1.54) is 17.2 Å². The minimum absolute atomic E-state index is 0.393. The largest absolute Gasteiger partial charge is 0.394 e. The van der Waals surface area contributed by atoms with Crippen molar-refractivity contribution in [3.05, 3.63) is 42.1 Å². The fourth-order valence-electron chi connectivity index (χ4n) is 2.92. The number of allylic oxidation sites excluding steroid dienone is 4. The fourth-order valence-corrected chi connectivity index (χ4v) is 2.92. The molecule has 3 N–H and O–H groups in total. The molecule has 1 saturated heterocycles. The third kappa shape index (κ3) is 2.73. The Kier molecular flexibility index (Phi) is 4.07. The number of aliphatic hydroxyl groups excluding tert-OH is 3. The third-order valence-corrected chi connectivity index (χ3v) is 4.26. The van der Waals surface area contributed by atoms with Gasteiger partial charge in [-0.15, -0.1) is 0 Å². The first kappa shape index (κ1) is 15.9. The zero-order valence-corrected chi connectivity index (χ0v) is 13.1. The van der Waals surface area contributed by atoms with Crippen LogP contribution in [0.2, 0.25) is 0 Å². The van der Waals surface area contributed by atoms with Crippen molar-refractivity contribution in [3.8, 4) is 11.8 Å². The lowest BCUT2D eigenvalue weighted by Gasteiger charge is -2.16. The predicted octanol–water partition coefficient (Wildman–Crippen LogP) is -0.324. The highest BCUT2D eigenvalue weighted by molar-refractivity contribution is 5.76. The molecule has 2 aromatic heterocycles. The van der Waals surface area contributed by atoms with Crippen molar-refractivity contribution in [2.24, 2.45) is 0 Å². The Bertz CT molecular complexity index is 924. The van der Waals surface area contributed by atoms with E-state index in [0.29, 0.717) is 16.9 Å². The summed E-state index contributed by atoms with van der Waals surface area (Å²) in [5, 5.41) is 29.3. The minimum Gasteiger partial charge on any atom is -0.394 e. The van der Waals surface area contributed by atoms with Gasteiger partial charge in [0.05, 0.1) is 12.9 Å². The Balaban J connectivity index is 1.70. The van der Waals surface area contributed by atoms with Gasteiger partial charge in [-0.25, -0.2) is 15.0 Å². The molecule has 0 radical (unpaired) electrons. The molecule has 128 valence electrons. The van der Waals surface area contributed by atoms with E-state index in [0.717, 1.165) is 12.0 Å². The minimum atomic E-state index is -1.20. The highest BCUT2D eigenvalue weighted by Crippen LogP contribution is 2.31. The standard InChI is InChI=1S/C17H16N4O4/c22-7-12-14(23)15(24)17(25-12)21-9-20-13-11(18-8-19-16(13)21)6-5-10-3-1-2-4-10/h1-3,8-9,12,14-15,17,22-24H,4,7H2/t12-,14-,15-,17?/m1/s1. The molecule has 0 aromatic carbocycles. The average molecular weight is 340 g/mol. The van der Waals surface area contributed by atoms with Gasteiger partial charge < -0.3 is 20.1 Å². The number of aromatic nitrogens is 4. The Morgan fingerprint density at radius 3 is 2.80 bits per heavy atom. The number of nitrogens with zero attached hydrogens (tertiary/aromatic N) is 4. The summed E-state index contributed by atoms with van der Waals surface area (Å²) in [5.74, 6) is 6.05. The second kappa shape index (κ2) is 6.38. The van der Waals surface area contributed by atoms with Crippen LogP contribution < -0.4 is 0 Å². The van der Waals surface area contributed by atoms with Crippen LogP contribution in [-0.2, 0) is 4.74 Å². The summed E-state index contributed by atoms with van der Waals surface area (Å²) >= 11 is 0. The monoisotopic (exact) mass is 340 g/mol. The SMILES string of the molecule is OC[C@H]1OC(n2cnc3c(C#CC4=CC=CC4)ncnc32)[C@H](O)[C@@H]1O. The van der Waals surface area contributed by atoms with Gasteiger partial charge in [0.2, 0.25) is 0 Å². The summed E-state index contributed by atoms with van der Waals surface area (Å²) < 4.78 is 7.04. The van der Waals surface area contributed by atoms with Crippen molar-refractivity contribution in [3.63, 3.8) is 0 Å². The summed E-state index contributed by atoms with van der Waals surface area (Å²) in [5.41, 5.74) is 2.39. The fraction of sp³-hybridized carbons (Fsp3) is 0.353. The third-order valence-electron chi connectivity index (χ3n) is 4.26. The first-order valence-electron chi connectivity index (χ1n) is 7.86. The molecule has 4 atom stereocenters. The number of rotatable bonds is 2. The lowest BCUT2D eigenvalue weighted by molar-refractivity contribution is -0.0511. The topological polar surface area (TPSA) is 114 Å². The molecule has 1 aliphatic heterocycles. The van der Waals surface area contributed by atoms with Gasteiger partial charge in [0, 0.05) is 5.57 Å². The lowest BCUT2D eigenvalue weighted by atomic mass is 10.1. The highest BCUT2D eigenvalue weighted by Gasteiger charge is 2.43. The normalized spacial score (nSPS) is 28.2. The van der Waals surface area contributed by atoms with Crippen molar-refractivity contribution in [1.82, 2.24) is 19.5 Å². The number of aliphatic hydroxyl groups is 3. The first-order valence-corrected chi connectivity index (χ1v) is 7.86. The molecule has 8 nitrogen and oxygen atoms in total. The van der Waals surface area contributed by atoms with Crippen LogP contribution in [-0.4, -0.2) is 59.8 Å². The van der Waals surface area contributed by atoms with Crippen LogP contribution in [0.3, 0.4) is 0 Å². The summed E-state index contributed by atoms with van der Waals surface area (Å²) in [6.45, 7) is -0.393. The van der Waals surface area contributed by atoms with Gasteiger partial charge in [0.1, 0.15) is 35.8 Å². The van der Waals surface area contributed by atoms with Crippen LogP contribution in [0.15, 0.2) is 36.5 Å². The number of ether oxygens (including phenoxy) is 1. The van der Waals surface area contributed by atoms with Gasteiger partial charge in [-0.2, -0.15) is 0 Å². The Morgan fingerprint density at radius 1 is 1.20 bits per heavy atom. The van der Waals surface area contributed by atoms with Crippen LogP contribution in [0.4, 0.5) is 0 Å². The Labute approximate surface area is 143 Å². The van der Waals surface area contributed by atoms with E-state index in [9.17, 15) is 15.3 Å². The van der Waals surface area contributed by atoms with E-state index < -0.39 is 31.1 Å². The van der Waals surface area contributed by atoms with Gasteiger partial charge in [0.15, 0.2) is 11.9 Å². The number of hydrogen-bond acceptors (Lipinski definition) is 7. The second-order valence-corrected chi connectivity index (χ2v) is 5.85. The van der Waals surface area contributed by atoms with Crippen LogP contribution in [0.25, 0.3) is 11.2 Å². The zero-order chi connectivity index (χ0) is 17.4. The highest BCUT2D eigenvalue weighted by atomic mass is 16.6. The van der Waals surface area contributed by atoms with Crippen molar-refractivity contribution in [1.29, 1.82) is 0 Å². The molecule has 8 heteroatoms. The molecular weight excluding hydrogens is 324 g/mol. The van der Waals surface area contributed by atoms with E-state index in [-0.39, 0.29) is 0 Å². The molecule has 0 saturated carbocycles. The number of imidazole rings is 1. The molecule has 25 heavy (non-hydrogen) atoms. The maximum absolute atomic E-state index is 10.2. The lowest BCUT2D eigenvalue weighted by Crippen LogP contribution is -2.33. The van der Waals surface area contributed by atoms with E-state index >= 15 is 0 Å². The van der Waals surface area contributed by atoms with Gasteiger partial charge in [-0.3, -0.25) is 4.57 Å². The van der Waals surface area contributed by atoms with Crippen LogP contribution in [0.5, 0.6) is 0 Å². The van der Waals surface area contributed by atoms with Crippen LogP contribution in [0.1, 0.15) is 18.3 Å². The first-order chi connectivity index (χ1) is 12.2. The molecule has 1 fully saturated rings. The zero-order valence-electron chi connectivity index (χ0n) is 13.1. The molecule has 2 aliphatic rings. The summed E-state index contributed by atoms with van der Waals surface area (Å²) in [6.07, 6.45) is 5.42. The molecule has 1 unspecified atom stereocenters. The molecule has 0 bridgehead atoms. The molecule has 1 aliphatic carbocycles. The molecule has 4 rings (SSSR count). The van der Waals surface area contributed by atoms with Crippen molar-refractivity contribution in [2.45, 2.75) is 31.0 Å². The summed E-state index contributed by atoms with van der Waals surface area (Å²) in [7, 11) is 0. The molecule has 0 spiro atoms. The number of fused-ring (bicyclic) bond motifs is 1. The van der Waals surface area contributed by atoms with Crippen molar-refractivity contribution < 1.29 is 20.1 Å². The maximum Gasteiger partial charge on any atom is 0.166 e. The van der Waals surface area contributed by atoms with E-state index in [1.807, 2.05) is 18.2 Å². The number of hydrogen-bond donors (Lipinski definition) is 3. The van der Waals surface area contributed by atoms with Crippen molar-refractivity contribution >= 4 is 11.2 Å². The average Bonchev–Trinajstić information content (AvgIpc) is 3.34. The second-order valence-electron chi connectivity index (χ2n) is 5.85. The maximum atomic E-state index is 10.2. The Morgan fingerprint density at radius 2 is 2.08 bits per heavy atom. The molecule has 3 heterocycles. The van der Waals surface area contributed by atoms with E-state index in [1.54, 1.807) is 0 Å². The summed E-state index contributed by atoms with van der Waals surface area (Å²) in [6, 6.07) is 0.